The van der Waals surface area contributed by atoms with Crippen molar-refractivity contribution >= 4 is 23.9 Å². The molecule has 0 radical (unpaired) electrons. The zero-order valence-electron chi connectivity index (χ0n) is 20.7. The van der Waals surface area contributed by atoms with Crippen LogP contribution < -0.4 is 5.73 Å². The average molecular weight is 489 g/mol. The van der Waals surface area contributed by atoms with Gasteiger partial charge in [0.1, 0.15) is 12.7 Å². The van der Waals surface area contributed by atoms with Crippen molar-refractivity contribution in [1.29, 1.82) is 0 Å². The Labute approximate surface area is 205 Å². The number of hydrogen-bond donors (Lipinski definition) is 4. The van der Waals surface area contributed by atoms with Crippen LogP contribution in [0.4, 0.5) is 0 Å². The number of carboxylic acids is 2. The van der Waals surface area contributed by atoms with Crippen LogP contribution in [0.1, 0.15) is 74.4 Å². The van der Waals surface area contributed by atoms with Crippen molar-refractivity contribution in [3.63, 3.8) is 0 Å². The summed E-state index contributed by atoms with van der Waals surface area (Å²) in [6.07, 6.45) is 4.70. The van der Waals surface area contributed by atoms with Crippen LogP contribution in [0.5, 0.6) is 0 Å². The van der Waals surface area contributed by atoms with Gasteiger partial charge in [-0.05, 0) is 41.4 Å². The van der Waals surface area contributed by atoms with Crippen molar-refractivity contribution in [1.82, 2.24) is 0 Å². The Morgan fingerprint density at radius 2 is 1.83 bits per heavy atom. The molecule has 9 heteroatoms. The highest BCUT2D eigenvalue weighted by Gasteiger charge is 2.57. The molecular formula is C26H36N2O7. The van der Waals surface area contributed by atoms with Crippen LogP contribution in [0.3, 0.4) is 0 Å². The van der Waals surface area contributed by atoms with E-state index in [4.69, 9.17) is 20.8 Å². The second-order valence-electron chi connectivity index (χ2n) is 9.89. The number of fused-ring (bicyclic) bond motifs is 3. The molecule has 0 bridgehead atoms. The maximum absolute atomic E-state index is 13.1. The van der Waals surface area contributed by atoms with Crippen molar-refractivity contribution in [2.24, 2.45) is 22.2 Å². The molecule has 192 valence electrons. The topological polar surface area (TPSA) is 160 Å². The number of carbonyl (C=O) groups excluding carboxylic acids is 1. The van der Waals surface area contributed by atoms with Crippen LogP contribution in [0, 0.1) is 11.3 Å². The molecule has 1 aromatic carbocycles. The van der Waals surface area contributed by atoms with Gasteiger partial charge in [0.05, 0.1) is 6.21 Å². The summed E-state index contributed by atoms with van der Waals surface area (Å²) in [6, 6.07) is 6.22. The largest absolute Gasteiger partial charge is 0.478 e. The molecule has 3 rings (SSSR count). The van der Waals surface area contributed by atoms with Crippen molar-refractivity contribution in [3.05, 3.63) is 47.0 Å². The molecule has 1 aromatic rings. The molecule has 0 spiro atoms. The Balaban J connectivity index is 0.000000466. The lowest BCUT2D eigenvalue weighted by molar-refractivity contribution is -0.134. The van der Waals surface area contributed by atoms with Gasteiger partial charge in [-0.3, -0.25) is 4.79 Å². The van der Waals surface area contributed by atoms with Gasteiger partial charge >= 0.3 is 11.9 Å². The van der Waals surface area contributed by atoms with Gasteiger partial charge < -0.3 is 25.9 Å². The van der Waals surface area contributed by atoms with E-state index in [-0.39, 0.29) is 17.1 Å². The predicted molar refractivity (Wildman–Crippen MR) is 132 cm³/mol. The van der Waals surface area contributed by atoms with Crippen LogP contribution in [-0.4, -0.2) is 58.5 Å². The third kappa shape index (κ3) is 6.35. The van der Waals surface area contributed by atoms with Crippen LogP contribution in [0.15, 0.2) is 35.5 Å². The van der Waals surface area contributed by atoms with Gasteiger partial charge in [-0.15, -0.1) is 0 Å². The van der Waals surface area contributed by atoms with E-state index >= 15 is 0 Å². The van der Waals surface area contributed by atoms with Gasteiger partial charge in [-0.1, -0.05) is 51.4 Å². The lowest BCUT2D eigenvalue weighted by atomic mass is 9.49. The molecular weight excluding hydrogens is 452 g/mol. The van der Waals surface area contributed by atoms with Crippen LogP contribution in [0.25, 0.3) is 0 Å². The smallest absolute Gasteiger partial charge is 0.328 e. The molecule has 1 saturated carbocycles. The van der Waals surface area contributed by atoms with Crippen LogP contribution in [0.2, 0.25) is 0 Å². The molecule has 0 amide bonds. The highest BCUT2D eigenvalue weighted by atomic mass is 16.6. The van der Waals surface area contributed by atoms with Gasteiger partial charge in [0, 0.05) is 35.6 Å². The lowest BCUT2D eigenvalue weighted by Gasteiger charge is -2.55. The van der Waals surface area contributed by atoms with Crippen molar-refractivity contribution in [3.8, 4) is 0 Å². The van der Waals surface area contributed by atoms with Crippen molar-refractivity contribution < 1.29 is 34.5 Å². The summed E-state index contributed by atoms with van der Waals surface area (Å²) in [6.45, 7) is 9.26. The van der Waals surface area contributed by atoms with Crippen LogP contribution >= 0.6 is 0 Å². The minimum atomic E-state index is -1.26. The second-order valence-corrected chi connectivity index (χ2v) is 9.89. The summed E-state index contributed by atoms with van der Waals surface area (Å²) in [7, 11) is 0. The number of carbonyl (C=O) groups is 3. The average Bonchev–Trinajstić information content (AvgIpc) is 2.79. The first-order valence-electron chi connectivity index (χ1n) is 11.7. The van der Waals surface area contributed by atoms with E-state index in [9.17, 15) is 19.5 Å². The molecule has 0 aliphatic heterocycles. The molecule has 5 N–H and O–H groups in total. The molecule has 0 heterocycles. The monoisotopic (exact) mass is 488 g/mol. The number of Topliss-reactive ketones (excluding diaryl/α,β-unsaturated/α-hetero) is 1. The Morgan fingerprint density at radius 1 is 1.20 bits per heavy atom. The number of aliphatic hydroxyl groups excluding tert-OH is 1. The van der Waals surface area contributed by atoms with Gasteiger partial charge in [0.25, 0.3) is 0 Å². The molecule has 0 aromatic heterocycles. The van der Waals surface area contributed by atoms with Crippen molar-refractivity contribution in [2.45, 2.75) is 64.4 Å². The first kappa shape index (κ1) is 28.2. The third-order valence-electron chi connectivity index (χ3n) is 6.98. The number of ketones is 1. The van der Waals surface area contributed by atoms with E-state index in [1.807, 2.05) is 6.07 Å². The summed E-state index contributed by atoms with van der Waals surface area (Å²) in [5.41, 5.74) is 7.65. The zero-order valence-corrected chi connectivity index (χ0v) is 20.7. The number of oxime groups is 1. The molecule has 9 nitrogen and oxygen atoms in total. The number of benzene rings is 1. The predicted octanol–water partition coefficient (Wildman–Crippen LogP) is 3.10. The molecule has 0 saturated heterocycles. The molecule has 1 fully saturated rings. The number of rotatable bonds is 7. The number of nitrogens with zero attached hydrogens (tertiary/aromatic N) is 1. The van der Waals surface area contributed by atoms with E-state index in [2.05, 4.69) is 45.0 Å². The van der Waals surface area contributed by atoms with Gasteiger partial charge in [0.2, 0.25) is 0 Å². The maximum Gasteiger partial charge on any atom is 0.328 e. The molecule has 2 aliphatic rings. The van der Waals surface area contributed by atoms with Crippen LogP contribution in [-0.2, 0) is 19.8 Å². The first-order valence-corrected chi connectivity index (χ1v) is 11.7. The fourth-order valence-corrected chi connectivity index (χ4v) is 5.37. The lowest BCUT2D eigenvalue weighted by Crippen LogP contribution is -2.58. The number of aliphatic hydroxyl groups is 1. The second kappa shape index (κ2) is 11.6. The maximum atomic E-state index is 13.1. The Kier molecular flexibility index (Phi) is 9.34. The minimum Gasteiger partial charge on any atom is -0.478 e. The number of hydrogen-bond acceptors (Lipinski definition) is 7. The normalized spacial score (nSPS) is 27.8. The Bertz CT molecular complexity index is 987. The molecule has 4 atom stereocenters. The zero-order chi connectivity index (χ0) is 26.4. The van der Waals surface area contributed by atoms with E-state index in [0.29, 0.717) is 36.8 Å². The van der Waals surface area contributed by atoms with E-state index in [1.165, 1.54) is 0 Å². The summed E-state index contributed by atoms with van der Waals surface area (Å²) >= 11 is 0. The first-order chi connectivity index (χ1) is 16.4. The summed E-state index contributed by atoms with van der Waals surface area (Å²) in [4.78, 5) is 37.4. The quantitative estimate of drug-likeness (QED) is 0.197. The Hall–Kier alpha value is -3.04. The highest BCUT2D eigenvalue weighted by Crippen LogP contribution is 2.56. The minimum absolute atomic E-state index is 0.167. The highest BCUT2D eigenvalue weighted by molar-refractivity contribution is 6.03. The van der Waals surface area contributed by atoms with Crippen molar-refractivity contribution in [2.75, 3.05) is 13.2 Å². The number of nitrogens with two attached hydrogens (primary N) is 1. The van der Waals surface area contributed by atoms with Gasteiger partial charge in [-0.2, -0.15) is 0 Å². The Morgan fingerprint density at radius 3 is 2.37 bits per heavy atom. The van der Waals surface area contributed by atoms with E-state index < -0.39 is 23.5 Å². The summed E-state index contributed by atoms with van der Waals surface area (Å²) < 4.78 is 0. The standard InChI is InChI=1S/C22H32N2O3.C4H4O4/c1-14(2)15-6-7-17-16(12-15)18(25)19(26)20-21(3,13-24-27-11-10-23)8-5-9-22(17,20)4;5-3(6)1-2-4(7)8/h6-7,12-14,19-20,26H,5,8-11,23H2,1-4H3;1-2H,(H,5,6)(H,7,8)/b24-13+;2-1+/t19?,20-,21-,22+;/m0./s1. The third-order valence-corrected chi connectivity index (χ3v) is 6.98. The van der Waals surface area contributed by atoms with E-state index in [0.717, 1.165) is 30.4 Å². The SMILES string of the molecule is CC(C)c1ccc2c(c1)C(=O)C(O)[C@H]1[C@](C)(/C=N/OCCN)CCC[C@]21C.O=C(O)/C=C/C(=O)O. The summed E-state index contributed by atoms with van der Waals surface area (Å²) in [5, 5.41) is 30.8. The summed E-state index contributed by atoms with van der Waals surface area (Å²) in [5.74, 6) is -2.57. The van der Waals surface area contributed by atoms with E-state index in [1.54, 1.807) is 6.21 Å². The number of carboxylic acid groups (broad SMARTS) is 2. The fraction of sp³-hybridized carbons (Fsp3) is 0.538. The molecule has 35 heavy (non-hydrogen) atoms. The van der Waals surface area contributed by atoms with Gasteiger partial charge in [0.15, 0.2) is 5.78 Å². The molecule has 2 aliphatic carbocycles. The van der Waals surface area contributed by atoms with Gasteiger partial charge in [-0.25, -0.2) is 9.59 Å². The number of aliphatic carboxylic acids is 2. The fourth-order valence-electron chi connectivity index (χ4n) is 5.37. The molecule has 1 unspecified atom stereocenters.